The van der Waals surface area contributed by atoms with Crippen LogP contribution in [0.15, 0.2) is 12.4 Å². The molecule has 0 spiro atoms. The number of hydrogen-bond donors (Lipinski definition) is 1. The Kier molecular flexibility index (Phi) is 5.96. The summed E-state index contributed by atoms with van der Waals surface area (Å²) in [5.41, 5.74) is 0.477. The Morgan fingerprint density at radius 3 is 2.48 bits per heavy atom. The summed E-state index contributed by atoms with van der Waals surface area (Å²) in [6.07, 6.45) is 9.05. The number of carbonyl (C=O) groups is 1. The van der Waals surface area contributed by atoms with Gasteiger partial charge >= 0.3 is 0 Å². The van der Waals surface area contributed by atoms with E-state index < -0.39 is 0 Å². The number of amides is 1. The molecular formula is C16H26N4O. The number of nitrogens with zero attached hydrogens (tertiary/aromatic N) is 3. The van der Waals surface area contributed by atoms with Crippen molar-refractivity contribution < 1.29 is 4.79 Å². The average molecular weight is 290 g/mol. The fourth-order valence-corrected chi connectivity index (χ4v) is 2.86. The van der Waals surface area contributed by atoms with Crippen LogP contribution in [0.3, 0.4) is 0 Å². The molecule has 0 unspecified atom stereocenters. The first-order chi connectivity index (χ1) is 10.2. The molecule has 1 amide bonds. The maximum atomic E-state index is 12.3. The molecule has 0 atom stereocenters. The quantitative estimate of drug-likeness (QED) is 0.847. The van der Waals surface area contributed by atoms with Gasteiger partial charge in [-0.25, -0.2) is 9.97 Å². The SMILES string of the molecule is CCN(CC)C(=O)c1cc(NC2CCCCCC2)ncn1. The molecule has 0 radical (unpaired) electrons. The van der Waals surface area contributed by atoms with Gasteiger partial charge in [-0.1, -0.05) is 25.7 Å². The molecule has 1 heterocycles. The van der Waals surface area contributed by atoms with Crippen LogP contribution in [0, 0.1) is 0 Å². The maximum Gasteiger partial charge on any atom is 0.272 e. The topological polar surface area (TPSA) is 58.1 Å². The fraction of sp³-hybridized carbons (Fsp3) is 0.688. The largest absolute Gasteiger partial charge is 0.367 e. The van der Waals surface area contributed by atoms with Crippen LogP contribution >= 0.6 is 0 Å². The molecular weight excluding hydrogens is 264 g/mol. The Labute approximate surface area is 127 Å². The van der Waals surface area contributed by atoms with E-state index >= 15 is 0 Å². The van der Waals surface area contributed by atoms with E-state index in [0.29, 0.717) is 24.8 Å². The molecule has 1 N–H and O–H groups in total. The highest BCUT2D eigenvalue weighted by Crippen LogP contribution is 2.20. The molecule has 0 bridgehead atoms. The molecule has 0 aromatic carbocycles. The van der Waals surface area contributed by atoms with Crippen molar-refractivity contribution in [1.29, 1.82) is 0 Å². The molecule has 0 saturated heterocycles. The number of rotatable bonds is 5. The molecule has 116 valence electrons. The minimum Gasteiger partial charge on any atom is -0.367 e. The summed E-state index contributed by atoms with van der Waals surface area (Å²) in [6.45, 7) is 5.36. The Hall–Kier alpha value is -1.65. The third-order valence-corrected chi connectivity index (χ3v) is 4.14. The van der Waals surface area contributed by atoms with Gasteiger partial charge in [0.05, 0.1) is 0 Å². The summed E-state index contributed by atoms with van der Waals surface area (Å²) in [5.74, 6) is 0.749. The van der Waals surface area contributed by atoms with Gasteiger partial charge in [-0.15, -0.1) is 0 Å². The molecule has 1 aromatic rings. The van der Waals surface area contributed by atoms with Crippen LogP contribution in [-0.2, 0) is 0 Å². The van der Waals surface area contributed by atoms with Crippen LogP contribution in [-0.4, -0.2) is 39.9 Å². The van der Waals surface area contributed by atoms with E-state index in [4.69, 9.17) is 0 Å². The minimum absolute atomic E-state index is 0.0219. The molecule has 1 aliphatic carbocycles. The second-order valence-corrected chi connectivity index (χ2v) is 5.60. The third-order valence-electron chi connectivity index (χ3n) is 4.14. The zero-order valence-electron chi connectivity index (χ0n) is 13.1. The molecule has 1 saturated carbocycles. The number of anilines is 1. The maximum absolute atomic E-state index is 12.3. The van der Waals surface area contributed by atoms with Gasteiger partial charge in [0.25, 0.3) is 5.91 Å². The lowest BCUT2D eigenvalue weighted by Crippen LogP contribution is -2.31. The van der Waals surface area contributed by atoms with Gasteiger partial charge in [0, 0.05) is 25.2 Å². The van der Waals surface area contributed by atoms with Crippen molar-refractivity contribution in [3.05, 3.63) is 18.1 Å². The first-order valence-corrected chi connectivity index (χ1v) is 8.12. The van der Waals surface area contributed by atoms with Crippen molar-refractivity contribution in [2.24, 2.45) is 0 Å². The van der Waals surface area contributed by atoms with Crippen LogP contribution in [0.1, 0.15) is 62.9 Å². The Bertz CT molecular complexity index is 451. The van der Waals surface area contributed by atoms with E-state index in [2.05, 4.69) is 15.3 Å². The summed E-state index contributed by atoms with van der Waals surface area (Å²) in [5, 5.41) is 3.47. The zero-order chi connectivity index (χ0) is 15.1. The number of nitrogens with one attached hydrogen (secondary N) is 1. The van der Waals surface area contributed by atoms with E-state index in [9.17, 15) is 4.79 Å². The first kappa shape index (κ1) is 15.7. The van der Waals surface area contributed by atoms with Gasteiger partial charge in [0.1, 0.15) is 17.8 Å². The summed E-state index contributed by atoms with van der Waals surface area (Å²) < 4.78 is 0. The second-order valence-electron chi connectivity index (χ2n) is 5.60. The van der Waals surface area contributed by atoms with E-state index in [1.54, 1.807) is 11.0 Å². The van der Waals surface area contributed by atoms with Crippen LogP contribution in [0.2, 0.25) is 0 Å². The predicted octanol–water partition coefficient (Wildman–Crippen LogP) is 3.09. The van der Waals surface area contributed by atoms with E-state index in [1.165, 1.54) is 44.9 Å². The number of hydrogen-bond acceptors (Lipinski definition) is 4. The van der Waals surface area contributed by atoms with Gasteiger partial charge in [0.2, 0.25) is 0 Å². The van der Waals surface area contributed by atoms with E-state index in [-0.39, 0.29) is 5.91 Å². The van der Waals surface area contributed by atoms with Crippen molar-refractivity contribution in [1.82, 2.24) is 14.9 Å². The van der Waals surface area contributed by atoms with E-state index in [1.807, 2.05) is 13.8 Å². The predicted molar refractivity (Wildman–Crippen MR) is 84.4 cm³/mol. The summed E-state index contributed by atoms with van der Waals surface area (Å²) in [4.78, 5) is 22.5. The molecule has 1 fully saturated rings. The third kappa shape index (κ3) is 4.41. The van der Waals surface area contributed by atoms with Crippen LogP contribution in [0.4, 0.5) is 5.82 Å². The van der Waals surface area contributed by atoms with Crippen LogP contribution in [0.5, 0.6) is 0 Å². The second kappa shape index (κ2) is 7.96. The van der Waals surface area contributed by atoms with Crippen molar-refractivity contribution in [2.45, 2.75) is 58.4 Å². The molecule has 21 heavy (non-hydrogen) atoms. The number of carbonyl (C=O) groups excluding carboxylic acids is 1. The van der Waals surface area contributed by atoms with Crippen molar-refractivity contribution in [3.63, 3.8) is 0 Å². The molecule has 2 rings (SSSR count). The summed E-state index contributed by atoms with van der Waals surface area (Å²) in [6, 6.07) is 2.25. The standard InChI is InChI=1S/C16H26N4O/c1-3-20(4-2)16(21)14-11-15(18-12-17-14)19-13-9-7-5-6-8-10-13/h11-13H,3-10H2,1-2H3,(H,17,18,19). The lowest BCUT2D eigenvalue weighted by atomic mass is 10.1. The van der Waals surface area contributed by atoms with Crippen molar-refractivity contribution >= 4 is 11.7 Å². The summed E-state index contributed by atoms with van der Waals surface area (Å²) in [7, 11) is 0. The smallest absolute Gasteiger partial charge is 0.272 e. The molecule has 5 nitrogen and oxygen atoms in total. The van der Waals surface area contributed by atoms with E-state index in [0.717, 1.165) is 5.82 Å². The molecule has 1 aromatic heterocycles. The van der Waals surface area contributed by atoms with Crippen molar-refractivity contribution in [3.8, 4) is 0 Å². The summed E-state index contributed by atoms with van der Waals surface area (Å²) >= 11 is 0. The lowest BCUT2D eigenvalue weighted by Gasteiger charge is -2.19. The Morgan fingerprint density at radius 1 is 1.19 bits per heavy atom. The van der Waals surface area contributed by atoms with Gasteiger partial charge in [-0.3, -0.25) is 4.79 Å². The normalized spacial score (nSPS) is 16.3. The van der Waals surface area contributed by atoms with Gasteiger partial charge in [0.15, 0.2) is 0 Å². The highest BCUT2D eigenvalue weighted by molar-refractivity contribution is 5.92. The molecule has 1 aliphatic rings. The number of aromatic nitrogens is 2. The van der Waals surface area contributed by atoms with Gasteiger partial charge in [-0.2, -0.15) is 0 Å². The van der Waals surface area contributed by atoms with Crippen LogP contribution in [0.25, 0.3) is 0 Å². The first-order valence-electron chi connectivity index (χ1n) is 8.12. The highest BCUT2D eigenvalue weighted by atomic mass is 16.2. The Morgan fingerprint density at radius 2 is 1.86 bits per heavy atom. The monoisotopic (exact) mass is 290 g/mol. The van der Waals surface area contributed by atoms with Gasteiger partial charge in [-0.05, 0) is 26.7 Å². The van der Waals surface area contributed by atoms with Gasteiger partial charge < -0.3 is 10.2 Å². The van der Waals surface area contributed by atoms with Crippen LogP contribution < -0.4 is 5.32 Å². The van der Waals surface area contributed by atoms with Crippen molar-refractivity contribution in [2.75, 3.05) is 18.4 Å². The average Bonchev–Trinajstić information content (AvgIpc) is 2.77. The molecule has 0 aliphatic heterocycles. The Balaban J connectivity index is 2.04. The fourth-order valence-electron chi connectivity index (χ4n) is 2.86. The molecule has 5 heteroatoms. The minimum atomic E-state index is -0.0219. The lowest BCUT2D eigenvalue weighted by molar-refractivity contribution is 0.0767. The zero-order valence-corrected chi connectivity index (χ0v) is 13.1. The highest BCUT2D eigenvalue weighted by Gasteiger charge is 2.16.